The number of hydrogen-bond donors (Lipinski definition) is 2. The molecule has 1 heterocycles. The van der Waals surface area contributed by atoms with Gasteiger partial charge in [0, 0.05) is 16.9 Å². The summed E-state index contributed by atoms with van der Waals surface area (Å²) >= 11 is 3.40. The van der Waals surface area contributed by atoms with Gasteiger partial charge in [0.1, 0.15) is 0 Å². The number of carbonyl (C=O) groups excluding carboxylic acids is 1. The molecular formula is C11H13BrN4O. The van der Waals surface area contributed by atoms with Crippen molar-refractivity contribution in [3.63, 3.8) is 0 Å². The number of halogens is 1. The number of carbonyl (C=O) groups is 1. The largest absolute Gasteiger partial charge is 0.370 e. The van der Waals surface area contributed by atoms with Gasteiger partial charge in [-0.15, -0.1) is 0 Å². The summed E-state index contributed by atoms with van der Waals surface area (Å²) in [4.78, 5) is 15.2. The van der Waals surface area contributed by atoms with Gasteiger partial charge < -0.3 is 16.0 Å². The zero-order valence-corrected chi connectivity index (χ0v) is 10.9. The van der Waals surface area contributed by atoms with Crippen LogP contribution in [0.4, 0.5) is 5.95 Å². The highest BCUT2D eigenvalue weighted by atomic mass is 79.9. The Hall–Kier alpha value is -1.56. The van der Waals surface area contributed by atoms with Crippen molar-refractivity contribution in [2.45, 2.75) is 19.4 Å². The highest BCUT2D eigenvalue weighted by molar-refractivity contribution is 9.10. The molecule has 5 nitrogen and oxygen atoms in total. The third-order valence-electron chi connectivity index (χ3n) is 2.62. The fraction of sp³-hybridized carbons (Fsp3) is 0.273. The van der Waals surface area contributed by atoms with E-state index in [0.717, 1.165) is 15.5 Å². The van der Waals surface area contributed by atoms with Gasteiger partial charge in [0.25, 0.3) is 0 Å². The quantitative estimate of drug-likeness (QED) is 0.906. The Morgan fingerprint density at radius 2 is 2.29 bits per heavy atom. The molecule has 6 heteroatoms. The molecule has 0 aliphatic rings. The van der Waals surface area contributed by atoms with E-state index >= 15 is 0 Å². The predicted molar refractivity (Wildman–Crippen MR) is 70.4 cm³/mol. The molecule has 0 saturated carbocycles. The number of nitrogens with zero attached hydrogens (tertiary/aromatic N) is 2. The van der Waals surface area contributed by atoms with Crippen LogP contribution in [0.2, 0.25) is 0 Å². The van der Waals surface area contributed by atoms with Crippen molar-refractivity contribution in [3.05, 3.63) is 22.7 Å². The van der Waals surface area contributed by atoms with Gasteiger partial charge >= 0.3 is 0 Å². The van der Waals surface area contributed by atoms with Gasteiger partial charge in [0.05, 0.1) is 11.0 Å². The Labute approximate surface area is 107 Å². The van der Waals surface area contributed by atoms with Crippen molar-refractivity contribution in [1.29, 1.82) is 0 Å². The van der Waals surface area contributed by atoms with Crippen molar-refractivity contribution >= 4 is 38.8 Å². The van der Waals surface area contributed by atoms with E-state index in [2.05, 4.69) is 20.9 Å². The van der Waals surface area contributed by atoms with Crippen LogP contribution in [0, 0.1) is 0 Å². The summed E-state index contributed by atoms with van der Waals surface area (Å²) in [6, 6.07) is 5.60. The van der Waals surface area contributed by atoms with Crippen LogP contribution in [0.1, 0.15) is 19.4 Å². The van der Waals surface area contributed by atoms with E-state index in [4.69, 9.17) is 11.5 Å². The second-order valence-corrected chi connectivity index (χ2v) is 4.91. The first-order valence-corrected chi connectivity index (χ1v) is 5.99. The maximum Gasteiger partial charge on any atom is 0.219 e. The molecule has 2 aromatic rings. The summed E-state index contributed by atoms with van der Waals surface area (Å²) in [6.45, 7) is 1.89. The zero-order chi connectivity index (χ0) is 12.6. The van der Waals surface area contributed by atoms with Crippen molar-refractivity contribution in [2.75, 3.05) is 5.73 Å². The van der Waals surface area contributed by atoms with Gasteiger partial charge in [0.15, 0.2) is 0 Å². The SMILES string of the molecule is CC(CC(N)=O)n1c(N)nc2ccc(Br)cc21. The monoisotopic (exact) mass is 296 g/mol. The molecule has 1 amide bonds. The molecule has 0 fully saturated rings. The number of aromatic nitrogens is 2. The maximum atomic E-state index is 11.0. The number of benzene rings is 1. The first-order chi connectivity index (χ1) is 7.99. The number of fused-ring (bicyclic) bond motifs is 1. The van der Waals surface area contributed by atoms with Gasteiger partial charge in [-0.25, -0.2) is 4.98 Å². The van der Waals surface area contributed by atoms with Crippen LogP contribution in [0.25, 0.3) is 11.0 Å². The molecular weight excluding hydrogens is 284 g/mol. The van der Waals surface area contributed by atoms with E-state index in [1.165, 1.54) is 0 Å². The van der Waals surface area contributed by atoms with Gasteiger partial charge in [-0.3, -0.25) is 4.79 Å². The Balaban J connectivity index is 2.55. The molecule has 0 radical (unpaired) electrons. The molecule has 0 bridgehead atoms. The lowest BCUT2D eigenvalue weighted by Crippen LogP contribution is -2.18. The zero-order valence-electron chi connectivity index (χ0n) is 9.35. The summed E-state index contributed by atoms with van der Waals surface area (Å²) in [5.74, 6) is 0.0422. The minimum absolute atomic E-state index is 0.105. The van der Waals surface area contributed by atoms with Gasteiger partial charge in [-0.2, -0.15) is 0 Å². The van der Waals surface area contributed by atoms with Crippen molar-refractivity contribution in [1.82, 2.24) is 9.55 Å². The second kappa shape index (κ2) is 4.37. The lowest BCUT2D eigenvalue weighted by atomic mass is 10.2. The lowest BCUT2D eigenvalue weighted by Gasteiger charge is -2.14. The summed E-state index contributed by atoms with van der Waals surface area (Å²) < 4.78 is 2.77. The van der Waals surface area contributed by atoms with Crippen LogP contribution < -0.4 is 11.5 Å². The summed E-state index contributed by atoms with van der Waals surface area (Å²) in [5.41, 5.74) is 12.8. The maximum absolute atomic E-state index is 11.0. The third kappa shape index (κ3) is 2.26. The van der Waals surface area contributed by atoms with Gasteiger partial charge in [0.2, 0.25) is 11.9 Å². The van der Waals surface area contributed by atoms with E-state index in [0.29, 0.717) is 5.95 Å². The summed E-state index contributed by atoms with van der Waals surface area (Å²) in [5, 5.41) is 0. The van der Waals surface area contributed by atoms with Gasteiger partial charge in [-0.1, -0.05) is 15.9 Å². The van der Waals surface area contributed by atoms with E-state index in [1.807, 2.05) is 29.7 Å². The van der Waals surface area contributed by atoms with E-state index in [1.54, 1.807) is 0 Å². The van der Waals surface area contributed by atoms with Crippen LogP contribution in [-0.2, 0) is 4.79 Å². The normalized spacial score (nSPS) is 12.8. The second-order valence-electron chi connectivity index (χ2n) is 3.99. The topological polar surface area (TPSA) is 86.9 Å². The fourth-order valence-electron chi connectivity index (χ4n) is 1.93. The number of imidazole rings is 1. The minimum atomic E-state index is -0.353. The van der Waals surface area contributed by atoms with Crippen LogP contribution >= 0.6 is 15.9 Å². The highest BCUT2D eigenvalue weighted by Crippen LogP contribution is 2.26. The Bertz CT molecular complexity index is 578. The van der Waals surface area contributed by atoms with E-state index in [9.17, 15) is 4.79 Å². The molecule has 0 spiro atoms. The fourth-order valence-corrected chi connectivity index (χ4v) is 2.28. The number of rotatable bonds is 3. The molecule has 4 N–H and O–H groups in total. The average molecular weight is 297 g/mol. The number of nitrogens with two attached hydrogens (primary N) is 2. The molecule has 0 aliphatic heterocycles. The summed E-state index contributed by atoms with van der Waals surface area (Å²) in [7, 11) is 0. The first-order valence-electron chi connectivity index (χ1n) is 5.20. The molecule has 1 aromatic carbocycles. The molecule has 1 unspecified atom stereocenters. The van der Waals surface area contributed by atoms with E-state index < -0.39 is 0 Å². The van der Waals surface area contributed by atoms with Crippen LogP contribution in [-0.4, -0.2) is 15.5 Å². The number of amides is 1. The van der Waals surface area contributed by atoms with Crippen molar-refractivity contribution < 1.29 is 4.79 Å². The average Bonchev–Trinajstić information content (AvgIpc) is 2.52. The highest BCUT2D eigenvalue weighted by Gasteiger charge is 2.15. The Morgan fingerprint density at radius 3 is 2.94 bits per heavy atom. The number of primary amides is 1. The summed E-state index contributed by atoms with van der Waals surface area (Å²) in [6.07, 6.45) is 0.238. The molecule has 90 valence electrons. The Morgan fingerprint density at radius 1 is 1.59 bits per heavy atom. The minimum Gasteiger partial charge on any atom is -0.370 e. The standard InChI is InChI=1S/C11H13BrN4O/c1-6(4-10(13)17)16-9-5-7(12)2-3-8(9)15-11(16)14/h2-3,5-6H,4H2,1H3,(H2,13,17)(H2,14,15). The molecule has 2 rings (SSSR count). The predicted octanol–water partition coefficient (Wildman–Crippen LogP) is 1.82. The lowest BCUT2D eigenvalue weighted by molar-refractivity contribution is -0.118. The van der Waals surface area contributed by atoms with Crippen molar-refractivity contribution in [3.8, 4) is 0 Å². The number of anilines is 1. The first kappa shape index (κ1) is 11.9. The third-order valence-corrected chi connectivity index (χ3v) is 3.11. The van der Waals surface area contributed by atoms with Gasteiger partial charge in [-0.05, 0) is 25.1 Å². The molecule has 1 aromatic heterocycles. The van der Waals surface area contributed by atoms with Crippen LogP contribution in [0.3, 0.4) is 0 Å². The Kier molecular flexibility index (Phi) is 3.06. The number of nitrogen functional groups attached to an aromatic ring is 1. The molecule has 0 aliphatic carbocycles. The molecule has 0 saturated heterocycles. The number of hydrogen-bond acceptors (Lipinski definition) is 3. The van der Waals surface area contributed by atoms with Crippen LogP contribution in [0.15, 0.2) is 22.7 Å². The van der Waals surface area contributed by atoms with E-state index in [-0.39, 0.29) is 18.4 Å². The van der Waals surface area contributed by atoms with Crippen molar-refractivity contribution in [2.24, 2.45) is 5.73 Å². The van der Waals surface area contributed by atoms with Crippen LogP contribution in [0.5, 0.6) is 0 Å². The molecule has 17 heavy (non-hydrogen) atoms. The smallest absolute Gasteiger partial charge is 0.219 e. The molecule has 1 atom stereocenters.